The van der Waals surface area contributed by atoms with E-state index in [1.54, 1.807) is 12.3 Å². The standard InChI is InChI=1S/C23H21FN4O/c24-16-2-4-19-18-3-1-13(7-14(18)12-27-20(19)9-16)8-15(11-25)23-6-5-17(10-23)28-21(23)22(26)29/h1-4,7,9,12,15,17,21,28H,5-6,8,10H2,(H2,26,29). The van der Waals surface area contributed by atoms with Gasteiger partial charge in [-0.1, -0.05) is 12.1 Å². The summed E-state index contributed by atoms with van der Waals surface area (Å²) >= 11 is 0. The molecule has 146 valence electrons. The molecular weight excluding hydrogens is 367 g/mol. The van der Waals surface area contributed by atoms with Gasteiger partial charge in [0.1, 0.15) is 5.82 Å². The molecule has 3 N–H and O–H groups in total. The molecule has 1 aromatic heterocycles. The zero-order valence-corrected chi connectivity index (χ0v) is 15.9. The number of aromatic nitrogens is 1. The maximum absolute atomic E-state index is 13.5. The Morgan fingerprint density at radius 3 is 2.93 bits per heavy atom. The van der Waals surface area contributed by atoms with E-state index in [-0.39, 0.29) is 29.1 Å². The van der Waals surface area contributed by atoms with Crippen LogP contribution in [-0.4, -0.2) is 23.0 Å². The number of nitriles is 1. The number of amides is 1. The third-order valence-electron chi connectivity index (χ3n) is 6.84. The lowest BCUT2D eigenvalue weighted by Gasteiger charge is -2.37. The first kappa shape index (κ1) is 18.0. The molecule has 5 rings (SSSR count). The molecule has 4 unspecified atom stereocenters. The molecule has 3 aromatic rings. The molecule has 0 radical (unpaired) electrons. The van der Waals surface area contributed by atoms with E-state index < -0.39 is 6.04 Å². The summed E-state index contributed by atoms with van der Waals surface area (Å²) < 4.78 is 13.5. The van der Waals surface area contributed by atoms with Crippen LogP contribution in [-0.2, 0) is 11.2 Å². The van der Waals surface area contributed by atoms with Gasteiger partial charge in [-0.25, -0.2) is 4.39 Å². The number of benzene rings is 2. The van der Waals surface area contributed by atoms with Gasteiger partial charge in [-0.2, -0.15) is 5.26 Å². The van der Waals surface area contributed by atoms with Gasteiger partial charge >= 0.3 is 0 Å². The first-order valence-electron chi connectivity index (χ1n) is 9.92. The quantitative estimate of drug-likeness (QED) is 0.672. The zero-order valence-electron chi connectivity index (χ0n) is 15.9. The molecule has 2 bridgehead atoms. The van der Waals surface area contributed by atoms with Gasteiger partial charge in [0, 0.05) is 34.5 Å². The molecule has 4 atom stereocenters. The molecule has 1 aliphatic carbocycles. The van der Waals surface area contributed by atoms with Crippen LogP contribution in [0.1, 0.15) is 24.8 Å². The number of primary amides is 1. The van der Waals surface area contributed by atoms with Crippen molar-refractivity contribution in [1.82, 2.24) is 10.3 Å². The number of nitrogens with zero attached hydrogens (tertiary/aromatic N) is 2. The Balaban J connectivity index is 1.51. The first-order chi connectivity index (χ1) is 14.0. The van der Waals surface area contributed by atoms with Crippen molar-refractivity contribution < 1.29 is 9.18 Å². The van der Waals surface area contributed by atoms with E-state index >= 15 is 0 Å². The van der Waals surface area contributed by atoms with Crippen LogP contribution in [0, 0.1) is 28.5 Å². The molecule has 2 aliphatic rings. The van der Waals surface area contributed by atoms with Crippen LogP contribution in [0.15, 0.2) is 42.6 Å². The van der Waals surface area contributed by atoms with Crippen LogP contribution in [0.5, 0.6) is 0 Å². The SMILES string of the molecule is N#CC(Cc1ccc2c(cnc3cc(F)ccc32)c1)C12CCC(C1)NC2C(N)=O. The number of rotatable bonds is 4. The normalized spacial score (nSPS) is 26.6. The molecule has 6 heteroatoms. The van der Waals surface area contributed by atoms with E-state index in [1.165, 1.54) is 12.1 Å². The Morgan fingerprint density at radius 1 is 1.34 bits per heavy atom. The fraction of sp³-hybridized carbons (Fsp3) is 0.348. The summed E-state index contributed by atoms with van der Waals surface area (Å²) in [5.41, 5.74) is 6.91. The van der Waals surface area contributed by atoms with Crippen molar-refractivity contribution in [1.29, 1.82) is 5.26 Å². The van der Waals surface area contributed by atoms with Crippen LogP contribution in [0.2, 0.25) is 0 Å². The number of piperidine rings is 1. The minimum Gasteiger partial charge on any atom is -0.368 e. The van der Waals surface area contributed by atoms with Crippen molar-refractivity contribution in [2.24, 2.45) is 17.1 Å². The topological polar surface area (TPSA) is 91.8 Å². The highest BCUT2D eigenvalue weighted by Gasteiger charge is 2.58. The number of nitrogens with two attached hydrogens (primary N) is 1. The number of hydrogen-bond acceptors (Lipinski definition) is 4. The largest absolute Gasteiger partial charge is 0.368 e. The lowest BCUT2D eigenvalue weighted by atomic mass is 9.68. The second kappa shape index (κ2) is 6.50. The number of nitrogens with one attached hydrogen (secondary N) is 1. The van der Waals surface area contributed by atoms with Crippen molar-refractivity contribution in [2.75, 3.05) is 0 Å². The molecule has 5 nitrogen and oxygen atoms in total. The number of halogens is 1. The monoisotopic (exact) mass is 388 g/mol. The zero-order chi connectivity index (χ0) is 20.2. The third kappa shape index (κ3) is 2.77. The summed E-state index contributed by atoms with van der Waals surface area (Å²) in [4.78, 5) is 16.4. The number of carbonyl (C=O) groups is 1. The Kier molecular flexibility index (Phi) is 4.04. The Morgan fingerprint density at radius 2 is 2.17 bits per heavy atom. The average Bonchev–Trinajstić information content (AvgIpc) is 3.31. The van der Waals surface area contributed by atoms with Crippen molar-refractivity contribution in [3.8, 4) is 6.07 Å². The van der Waals surface area contributed by atoms with Gasteiger partial charge in [0.15, 0.2) is 0 Å². The molecule has 1 aliphatic heterocycles. The van der Waals surface area contributed by atoms with E-state index in [0.717, 1.165) is 41.0 Å². The summed E-state index contributed by atoms with van der Waals surface area (Å²) in [6.45, 7) is 0. The van der Waals surface area contributed by atoms with Gasteiger partial charge < -0.3 is 11.1 Å². The van der Waals surface area contributed by atoms with Crippen LogP contribution >= 0.6 is 0 Å². The molecule has 1 saturated carbocycles. The molecular formula is C23H21FN4O. The Bertz CT molecular complexity index is 1190. The second-order valence-corrected chi connectivity index (χ2v) is 8.40. The number of hydrogen-bond donors (Lipinski definition) is 2. The molecule has 1 amide bonds. The van der Waals surface area contributed by atoms with Crippen LogP contribution in [0.3, 0.4) is 0 Å². The van der Waals surface area contributed by atoms with E-state index in [4.69, 9.17) is 5.73 Å². The van der Waals surface area contributed by atoms with Crippen LogP contribution in [0.25, 0.3) is 21.7 Å². The van der Waals surface area contributed by atoms with E-state index in [0.29, 0.717) is 11.9 Å². The minimum absolute atomic E-state index is 0.274. The number of pyridine rings is 1. The van der Waals surface area contributed by atoms with Gasteiger partial charge in [0.25, 0.3) is 0 Å². The van der Waals surface area contributed by atoms with E-state index in [2.05, 4.69) is 16.4 Å². The predicted molar refractivity (Wildman–Crippen MR) is 108 cm³/mol. The molecule has 0 spiro atoms. The van der Waals surface area contributed by atoms with Crippen LogP contribution in [0.4, 0.5) is 4.39 Å². The third-order valence-corrected chi connectivity index (χ3v) is 6.84. The van der Waals surface area contributed by atoms with Crippen molar-refractivity contribution >= 4 is 27.6 Å². The van der Waals surface area contributed by atoms with E-state index in [1.807, 2.05) is 18.2 Å². The second-order valence-electron chi connectivity index (χ2n) is 8.40. The maximum Gasteiger partial charge on any atom is 0.235 e. The Hall–Kier alpha value is -3.04. The number of carbonyl (C=O) groups excluding carboxylic acids is 1. The highest BCUT2D eigenvalue weighted by atomic mass is 19.1. The lowest BCUT2D eigenvalue weighted by Crippen LogP contribution is -2.53. The fourth-order valence-corrected chi connectivity index (χ4v) is 5.48. The summed E-state index contributed by atoms with van der Waals surface area (Å²) in [6.07, 6.45) is 4.96. The highest BCUT2D eigenvalue weighted by Crippen LogP contribution is 2.52. The highest BCUT2D eigenvalue weighted by molar-refractivity contribution is 6.05. The van der Waals surface area contributed by atoms with E-state index in [9.17, 15) is 14.4 Å². The van der Waals surface area contributed by atoms with Gasteiger partial charge in [0.05, 0.1) is 23.5 Å². The average molecular weight is 388 g/mol. The summed E-state index contributed by atoms with van der Waals surface area (Å²) in [5.74, 6) is -0.963. The minimum atomic E-state index is -0.438. The van der Waals surface area contributed by atoms with Crippen molar-refractivity contribution in [3.05, 3.63) is 54.0 Å². The van der Waals surface area contributed by atoms with Gasteiger partial charge in [-0.3, -0.25) is 9.78 Å². The van der Waals surface area contributed by atoms with Crippen molar-refractivity contribution in [3.63, 3.8) is 0 Å². The van der Waals surface area contributed by atoms with Crippen LogP contribution < -0.4 is 11.1 Å². The maximum atomic E-state index is 13.5. The van der Waals surface area contributed by atoms with Crippen molar-refractivity contribution in [2.45, 2.75) is 37.8 Å². The first-order valence-corrected chi connectivity index (χ1v) is 9.92. The molecule has 29 heavy (non-hydrogen) atoms. The summed E-state index contributed by atoms with van der Waals surface area (Å²) in [7, 11) is 0. The molecule has 1 saturated heterocycles. The predicted octanol–water partition coefficient (Wildman–Crippen LogP) is 3.21. The van der Waals surface area contributed by atoms with Gasteiger partial charge in [-0.05, 0) is 54.8 Å². The smallest absolute Gasteiger partial charge is 0.235 e. The van der Waals surface area contributed by atoms with Gasteiger partial charge in [-0.15, -0.1) is 0 Å². The molecule has 2 fully saturated rings. The fourth-order valence-electron chi connectivity index (χ4n) is 5.48. The summed E-state index contributed by atoms with van der Waals surface area (Å²) in [6, 6.07) is 13.0. The Labute approximate surface area is 167 Å². The molecule has 2 heterocycles. The van der Waals surface area contributed by atoms with Gasteiger partial charge in [0.2, 0.25) is 5.91 Å². The number of fused-ring (bicyclic) bond motifs is 5. The molecule has 2 aromatic carbocycles. The lowest BCUT2D eigenvalue weighted by molar-refractivity contribution is -0.123. The summed E-state index contributed by atoms with van der Waals surface area (Å²) in [5, 5.41) is 16.1.